The molecule has 1 saturated carbocycles. The van der Waals surface area contributed by atoms with Gasteiger partial charge >= 0.3 is 0 Å². The lowest BCUT2D eigenvalue weighted by Crippen LogP contribution is -2.10. The molecule has 5 heteroatoms. The third-order valence-corrected chi connectivity index (χ3v) is 3.41. The number of nitrogens with one attached hydrogen (secondary N) is 1. The molecule has 1 fully saturated rings. The van der Waals surface area contributed by atoms with E-state index in [9.17, 15) is 0 Å². The molecule has 1 aliphatic carbocycles. The summed E-state index contributed by atoms with van der Waals surface area (Å²) in [5, 5.41) is 2.90. The summed E-state index contributed by atoms with van der Waals surface area (Å²) in [5.41, 5.74) is 0. The molecular weight excluding hydrogens is 270 g/mol. The van der Waals surface area contributed by atoms with Crippen LogP contribution >= 0.6 is 15.9 Å². The second-order valence-corrected chi connectivity index (χ2v) is 4.91. The molecule has 0 aliphatic heterocycles. The summed E-state index contributed by atoms with van der Waals surface area (Å²) in [6.07, 6.45) is 6.94. The van der Waals surface area contributed by atoms with Gasteiger partial charge in [0.15, 0.2) is 0 Å². The molecule has 2 rings (SSSR count). The highest BCUT2D eigenvalue weighted by molar-refractivity contribution is 9.10. The highest BCUT2D eigenvalue weighted by Crippen LogP contribution is 2.27. The molecule has 1 heterocycles. The van der Waals surface area contributed by atoms with Crippen molar-refractivity contribution in [1.29, 1.82) is 0 Å². The Morgan fingerprint density at radius 2 is 2.25 bits per heavy atom. The fourth-order valence-electron chi connectivity index (χ4n) is 1.95. The quantitative estimate of drug-likeness (QED) is 0.924. The van der Waals surface area contributed by atoms with E-state index in [1.165, 1.54) is 25.7 Å². The first-order chi connectivity index (χ1) is 7.79. The fraction of sp³-hybridized carbons (Fsp3) is 0.636. The van der Waals surface area contributed by atoms with Crippen molar-refractivity contribution in [2.75, 3.05) is 19.0 Å². The Hall–Kier alpha value is -0.840. The predicted octanol–water partition coefficient (Wildman–Crippen LogP) is 2.85. The minimum absolute atomic E-state index is 0.588. The number of ether oxygens (including phenoxy) is 1. The lowest BCUT2D eigenvalue weighted by molar-refractivity contribution is 0.242. The lowest BCUT2D eigenvalue weighted by Gasteiger charge is -2.12. The minimum Gasteiger partial charge on any atom is -0.476 e. The molecule has 88 valence electrons. The molecule has 16 heavy (non-hydrogen) atoms. The van der Waals surface area contributed by atoms with Gasteiger partial charge in [-0.3, -0.25) is 0 Å². The summed E-state index contributed by atoms with van der Waals surface area (Å²) >= 11 is 3.39. The number of nitrogens with zero attached hydrogens (tertiary/aromatic N) is 2. The van der Waals surface area contributed by atoms with E-state index in [2.05, 4.69) is 31.2 Å². The maximum absolute atomic E-state index is 5.73. The molecule has 1 N–H and O–H groups in total. The monoisotopic (exact) mass is 285 g/mol. The van der Waals surface area contributed by atoms with Crippen molar-refractivity contribution in [1.82, 2.24) is 9.97 Å². The van der Waals surface area contributed by atoms with Crippen LogP contribution < -0.4 is 10.1 Å². The minimum atomic E-state index is 0.588. The zero-order valence-corrected chi connectivity index (χ0v) is 11.0. The Morgan fingerprint density at radius 3 is 2.94 bits per heavy atom. The van der Waals surface area contributed by atoms with Crippen LogP contribution in [0.3, 0.4) is 0 Å². The summed E-state index contributed by atoms with van der Waals surface area (Å²) < 4.78 is 6.53. The Kier molecular flexibility index (Phi) is 3.98. The summed E-state index contributed by atoms with van der Waals surface area (Å²) in [5.74, 6) is 1.91. The molecule has 4 nitrogen and oxygen atoms in total. The van der Waals surface area contributed by atoms with Crippen molar-refractivity contribution in [2.45, 2.75) is 25.7 Å². The van der Waals surface area contributed by atoms with Gasteiger partial charge in [-0.25, -0.2) is 4.98 Å². The van der Waals surface area contributed by atoms with Crippen LogP contribution in [0.5, 0.6) is 5.88 Å². The van der Waals surface area contributed by atoms with Gasteiger partial charge in [-0.05, 0) is 34.7 Å². The van der Waals surface area contributed by atoms with Gasteiger partial charge in [0, 0.05) is 7.05 Å². The molecule has 1 aromatic heterocycles. The average molecular weight is 286 g/mol. The highest BCUT2D eigenvalue weighted by Gasteiger charge is 2.16. The maximum Gasteiger partial charge on any atom is 0.232 e. The summed E-state index contributed by atoms with van der Waals surface area (Å²) in [6, 6.07) is 0. The van der Waals surface area contributed by atoms with Crippen LogP contribution in [0, 0.1) is 5.92 Å². The van der Waals surface area contributed by atoms with E-state index in [4.69, 9.17) is 4.74 Å². The second kappa shape index (κ2) is 5.48. The molecule has 0 spiro atoms. The summed E-state index contributed by atoms with van der Waals surface area (Å²) in [4.78, 5) is 8.35. The van der Waals surface area contributed by atoms with Gasteiger partial charge < -0.3 is 10.1 Å². The Labute approximate surface area is 104 Å². The first kappa shape index (κ1) is 11.6. The number of halogens is 1. The number of anilines is 1. The number of hydrogen-bond acceptors (Lipinski definition) is 4. The first-order valence-electron chi connectivity index (χ1n) is 5.62. The number of aromatic nitrogens is 2. The Bertz CT molecular complexity index is 353. The van der Waals surface area contributed by atoms with E-state index in [0.717, 1.165) is 11.1 Å². The zero-order valence-electron chi connectivity index (χ0n) is 9.37. The van der Waals surface area contributed by atoms with Gasteiger partial charge in [0.25, 0.3) is 0 Å². The molecule has 0 aromatic carbocycles. The standard InChI is InChI=1S/C11H16BrN3O/c1-13-11-14-6-9(12)10(15-11)16-7-8-4-2-3-5-8/h6,8H,2-5,7H2,1H3,(H,13,14,15). The molecule has 0 amide bonds. The van der Waals surface area contributed by atoms with Crippen LogP contribution in [-0.2, 0) is 0 Å². The zero-order chi connectivity index (χ0) is 11.4. The van der Waals surface area contributed by atoms with Gasteiger partial charge in [-0.1, -0.05) is 12.8 Å². The van der Waals surface area contributed by atoms with Crippen LogP contribution in [0.4, 0.5) is 5.95 Å². The topological polar surface area (TPSA) is 47.0 Å². The van der Waals surface area contributed by atoms with E-state index >= 15 is 0 Å². The Balaban J connectivity index is 1.96. The fourth-order valence-corrected chi connectivity index (χ4v) is 2.25. The van der Waals surface area contributed by atoms with Crippen LogP contribution in [0.2, 0.25) is 0 Å². The molecule has 0 radical (unpaired) electrons. The van der Waals surface area contributed by atoms with E-state index in [1.54, 1.807) is 13.2 Å². The maximum atomic E-state index is 5.73. The third kappa shape index (κ3) is 2.84. The van der Waals surface area contributed by atoms with Crippen molar-refractivity contribution in [2.24, 2.45) is 5.92 Å². The van der Waals surface area contributed by atoms with Crippen molar-refractivity contribution in [3.05, 3.63) is 10.7 Å². The van der Waals surface area contributed by atoms with Crippen molar-refractivity contribution in [3.8, 4) is 5.88 Å². The average Bonchev–Trinajstić information content (AvgIpc) is 2.81. The molecule has 0 bridgehead atoms. The van der Waals surface area contributed by atoms with E-state index in [-0.39, 0.29) is 0 Å². The van der Waals surface area contributed by atoms with Gasteiger partial charge in [0.1, 0.15) is 0 Å². The summed E-state index contributed by atoms with van der Waals surface area (Å²) in [6.45, 7) is 0.763. The molecular formula is C11H16BrN3O. The van der Waals surface area contributed by atoms with Crippen molar-refractivity contribution in [3.63, 3.8) is 0 Å². The van der Waals surface area contributed by atoms with Crippen molar-refractivity contribution >= 4 is 21.9 Å². The van der Waals surface area contributed by atoms with Crippen molar-refractivity contribution < 1.29 is 4.74 Å². The molecule has 0 atom stereocenters. The number of rotatable bonds is 4. The Morgan fingerprint density at radius 1 is 1.50 bits per heavy atom. The van der Waals surface area contributed by atoms with Gasteiger partial charge in [0.05, 0.1) is 17.3 Å². The normalized spacial score (nSPS) is 16.4. The molecule has 0 saturated heterocycles. The SMILES string of the molecule is CNc1ncc(Br)c(OCC2CCCC2)n1. The largest absolute Gasteiger partial charge is 0.476 e. The van der Waals surface area contributed by atoms with E-state index < -0.39 is 0 Å². The van der Waals surface area contributed by atoms with Crippen LogP contribution in [0.1, 0.15) is 25.7 Å². The second-order valence-electron chi connectivity index (χ2n) is 4.06. The molecule has 0 unspecified atom stereocenters. The van der Waals surface area contributed by atoms with Crippen LogP contribution in [-0.4, -0.2) is 23.6 Å². The van der Waals surface area contributed by atoms with Crippen LogP contribution in [0.15, 0.2) is 10.7 Å². The van der Waals surface area contributed by atoms with Gasteiger partial charge in [-0.2, -0.15) is 4.98 Å². The smallest absolute Gasteiger partial charge is 0.232 e. The van der Waals surface area contributed by atoms with Gasteiger partial charge in [-0.15, -0.1) is 0 Å². The third-order valence-electron chi connectivity index (χ3n) is 2.87. The highest BCUT2D eigenvalue weighted by atomic mass is 79.9. The summed E-state index contributed by atoms with van der Waals surface area (Å²) in [7, 11) is 1.80. The molecule has 1 aromatic rings. The molecule has 1 aliphatic rings. The van der Waals surface area contributed by atoms with Crippen LogP contribution in [0.25, 0.3) is 0 Å². The lowest BCUT2D eigenvalue weighted by atomic mass is 10.1. The first-order valence-corrected chi connectivity index (χ1v) is 6.42. The van der Waals surface area contributed by atoms with E-state index in [1.807, 2.05) is 0 Å². The predicted molar refractivity (Wildman–Crippen MR) is 66.7 cm³/mol. The van der Waals surface area contributed by atoms with E-state index in [0.29, 0.717) is 17.7 Å². The number of hydrogen-bond donors (Lipinski definition) is 1. The van der Waals surface area contributed by atoms with Gasteiger partial charge in [0.2, 0.25) is 11.8 Å².